The molecule has 0 aromatic heterocycles. The first-order valence-corrected chi connectivity index (χ1v) is 12.3. The first-order valence-electron chi connectivity index (χ1n) is 10.8. The van der Waals surface area contributed by atoms with E-state index in [4.69, 9.17) is 9.57 Å². The summed E-state index contributed by atoms with van der Waals surface area (Å²) in [6, 6.07) is 12.6. The molecule has 0 spiro atoms. The minimum atomic E-state index is -3.65. The molecule has 1 aliphatic rings. The van der Waals surface area contributed by atoms with Crippen molar-refractivity contribution in [1.29, 1.82) is 0 Å². The minimum absolute atomic E-state index is 0.0707. The Morgan fingerprint density at radius 1 is 1.15 bits per heavy atom. The van der Waals surface area contributed by atoms with Crippen molar-refractivity contribution in [3.05, 3.63) is 59.2 Å². The average molecular weight is 474 g/mol. The minimum Gasteiger partial charge on any atom is -0.386 e. The Morgan fingerprint density at radius 2 is 1.82 bits per heavy atom. The van der Waals surface area contributed by atoms with Crippen LogP contribution < -0.4 is 5.32 Å². The van der Waals surface area contributed by atoms with Crippen LogP contribution in [-0.4, -0.2) is 57.8 Å². The molecule has 0 unspecified atom stereocenters. The van der Waals surface area contributed by atoms with E-state index >= 15 is 0 Å². The second-order valence-corrected chi connectivity index (χ2v) is 10.9. The SMILES string of the molecule is Cc1ccc(S(=O)(=O)N2CCOCC2)cc1NC(=O)CON=Cc1ccc(C(C)(C)C)cc1. The van der Waals surface area contributed by atoms with Crippen molar-refractivity contribution < 1.29 is 22.8 Å². The van der Waals surface area contributed by atoms with E-state index in [0.717, 1.165) is 11.1 Å². The smallest absolute Gasteiger partial charge is 0.265 e. The number of hydrogen-bond acceptors (Lipinski definition) is 6. The Labute approximate surface area is 195 Å². The van der Waals surface area contributed by atoms with Crippen molar-refractivity contribution in [1.82, 2.24) is 4.31 Å². The van der Waals surface area contributed by atoms with Crippen molar-refractivity contribution in [3.8, 4) is 0 Å². The zero-order valence-corrected chi connectivity index (χ0v) is 20.3. The number of sulfonamides is 1. The summed E-state index contributed by atoms with van der Waals surface area (Å²) in [4.78, 5) is 17.6. The molecule has 3 rings (SSSR count). The first-order chi connectivity index (χ1) is 15.6. The Morgan fingerprint density at radius 3 is 2.45 bits per heavy atom. The molecule has 1 N–H and O–H groups in total. The summed E-state index contributed by atoms with van der Waals surface area (Å²) < 4.78 is 32.4. The Balaban J connectivity index is 1.58. The van der Waals surface area contributed by atoms with Crippen LogP contribution in [0.1, 0.15) is 37.5 Å². The maximum absolute atomic E-state index is 12.9. The maximum Gasteiger partial charge on any atom is 0.265 e. The molecule has 0 saturated carbocycles. The van der Waals surface area contributed by atoms with Crippen LogP contribution in [0.5, 0.6) is 0 Å². The van der Waals surface area contributed by atoms with Gasteiger partial charge in [-0.1, -0.05) is 56.3 Å². The number of benzene rings is 2. The van der Waals surface area contributed by atoms with E-state index < -0.39 is 15.9 Å². The van der Waals surface area contributed by atoms with E-state index in [-0.39, 0.29) is 16.9 Å². The maximum atomic E-state index is 12.9. The van der Waals surface area contributed by atoms with E-state index in [0.29, 0.717) is 32.0 Å². The van der Waals surface area contributed by atoms with Gasteiger partial charge in [0.15, 0.2) is 6.61 Å². The monoisotopic (exact) mass is 473 g/mol. The summed E-state index contributed by atoms with van der Waals surface area (Å²) in [7, 11) is -3.65. The summed E-state index contributed by atoms with van der Waals surface area (Å²) >= 11 is 0. The van der Waals surface area contributed by atoms with Crippen molar-refractivity contribution in [2.24, 2.45) is 5.16 Å². The second-order valence-electron chi connectivity index (χ2n) is 8.92. The van der Waals surface area contributed by atoms with Crippen LogP contribution in [0.25, 0.3) is 0 Å². The van der Waals surface area contributed by atoms with Gasteiger partial charge in [-0.25, -0.2) is 8.42 Å². The van der Waals surface area contributed by atoms with Gasteiger partial charge in [-0.05, 0) is 41.2 Å². The lowest BCUT2D eigenvalue weighted by Crippen LogP contribution is -2.40. The number of anilines is 1. The van der Waals surface area contributed by atoms with E-state index in [9.17, 15) is 13.2 Å². The highest BCUT2D eigenvalue weighted by molar-refractivity contribution is 7.89. The molecule has 178 valence electrons. The van der Waals surface area contributed by atoms with E-state index in [1.54, 1.807) is 25.3 Å². The number of nitrogens with one attached hydrogen (secondary N) is 1. The van der Waals surface area contributed by atoms with Crippen LogP contribution >= 0.6 is 0 Å². The predicted molar refractivity (Wildman–Crippen MR) is 128 cm³/mol. The van der Waals surface area contributed by atoms with Crippen LogP contribution in [0.3, 0.4) is 0 Å². The normalized spacial score (nSPS) is 15.5. The topological polar surface area (TPSA) is 97.3 Å². The molecule has 2 aromatic rings. The van der Waals surface area contributed by atoms with Gasteiger partial charge in [-0.3, -0.25) is 4.79 Å². The van der Waals surface area contributed by atoms with E-state index in [1.807, 2.05) is 24.3 Å². The van der Waals surface area contributed by atoms with Crippen LogP contribution in [0, 0.1) is 6.92 Å². The fourth-order valence-corrected chi connectivity index (χ4v) is 4.72. The molecular weight excluding hydrogens is 442 g/mol. The Kier molecular flexibility index (Phi) is 7.88. The van der Waals surface area contributed by atoms with Crippen molar-refractivity contribution >= 4 is 27.8 Å². The molecule has 2 aromatic carbocycles. The number of rotatable bonds is 7. The van der Waals surface area contributed by atoms with Gasteiger partial charge in [0.1, 0.15) is 0 Å². The molecule has 0 radical (unpaired) electrons. The number of aryl methyl sites for hydroxylation is 1. The molecule has 9 heteroatoms. The van der Waals surface area contributed by atoms with Gasteiger partial charge in [0.25, 0.3) is 5.91 Å². The van der Waals surface area contributed by atoms with E-state index in [2.05, 4.69) is 31.2 Å². The zero-order valence-electron chi connectivity index (χ0n) is 19.5. The molecule has 8 nitrogen and oxygen atoms in total. The molecular formula is C24H31N3O5S. The first kappa shape index (κ1) is 24.9. The number of ether oxygens (including phenoxy) is 1. The van der Waals surface area contributed by atoms with Crippen molar-refractivity contribution in [2.45, 2.75) is 38.0 Å². The molecule has 1 fully saturated rings. The number of oxime groups is 1. The highest BCUT2D eigenvalue weighted by Gasteiger charge is 2.27. The third kappa shape index (κ3) is 6.63. The lowest BCUT2D eigenvalue weighted by molar-refractivity contribution is -0.120. The predicted octanol–water partition coefficient (Wildman–Crippen LogP) is 3.30. The van der Waals surface area contributed by atoms with Crippen LogP contribution in [0.4, 0.5) is 5.69 Å². The number of carbonyl (C=O) groups is 1. The van der Waals surface area contributed by atoms with Gasteiger partial charge in [0, 0.05) is 18.8 Å². The van der Waals surface area contributed by atoms with Gasteiger partial charge in [0.05, 0.1) is 24.3 Å². The quantitative estimate of drug-likeness (QED) is 0.492. The number of carbonyl (C=O) groups excluding carboxylic acids is 1. The summed E-state index contributed by atoms with van der Waals surface area (Å²) in [5.74, 6) is -0.431. The zero-order chi connectivity index (χ0) is 24.1. The standard InChI is InChI=1S/C24H31N3O5S/c1-18-5-10-21(33(29,30)27-11-13-31-14-12-27)15-22(18)26-23(28)17-32-25-16-19-6-8-20(9-7-19)24(2,3)4/h5-10,15-16H,11-14,17H2,1-4H3,(H,26,28). The summed E-state index contributed by atoms with van der Waals surface area (Å²) in [6.45, 7) is 9.29. The number of morpholine rings is 1. The Bertz CT molecular complexity index is 1100. The molecule has 0 aliphatic carbocycles. The largest absolute Gasteiger partial charge is 0.386 e. The fourth-order valence-electron chi connectivity index (χ4n) is 3.28. The van der Waals surface area contributed by atoms with E-state index in [1.165, 1.54) is 15.9 Å². The number of hydrogen-bond donors (Lipinski definition) is 1. The number of amides is 1. The summed E-state index contributed by atoms with van der Waals surface area (Å²) in [5, 5.41) is 6.56. The highest BCUT2D eigenvalue weighted by atomic mass is 32.2. The summed E-state index contributed by atoms with van der Waals surface area (Å²) in [5.41, 5.74) is 3.31. The van der Waals surface area contributed by atoms with Gasteiger partial charge in [0.2, 0.25) is 10.0 Å². The third-order valence-electron chi connectivity index (χ3n) is 5.34. The molecule has 0 bridgehead atoms. The second kappa shape index (κ2) is 10.5. The Hall–Kier alpha value is -2.75. The molecule has 1 heterocycles. The number of nitrogens with zero attached hydrogens (tertiary/aromatic N) is 2. The molecule has 0 atom stereocenters. The summed E-state index contributed by atoms with van der Waals surface area (Å²) in [6.07, 6.45) is 1.54. The van der Waals surface area contributed by atoms with Crippen LogP contribution in [0.15, 0.2) is 52.5 Å². The van der Waals surface area contributed by atoms with Gasteiger partial charge >= 0.3 is 0 Å². The molecule has 33 heavy (non-hydrogen) atoms. The van der Waals surface area contributed by atoms with Gasteiger partial charge in [-0.15, -0.1) is 0 Å². The molecule has 1 amide bonds. The lowest BCUT2D eigenvalue weighted by atomic mass is 9.87. The van der Waals surface area contributed by atoms with Crippen molar-refractivity contribution in [3.63, 3.8) is 0 Å². The van der Waals surface area contributed by atoms with Gasteiger partial charge < -0.3 is 14.9 Å². The lowest BCUT2D eigenvalue weighted by Gasteiger charge is -2.26. The van der Waals surface area contributed by atoms with Gasteiger partial charge in [-0.2, -0.15) is 4.31 Å². The highest BCUT2D eigenvalue weighted by Crippen LogP contribution is 2.24. The average Bonchev–Trinajstić information content (AvgIpc) is 2.78. The van der Waals surface area contributed by atoms with Crippen molar-refractivity contribution in [2.75, 3.05) is 38.2 Å². The fraction of sp³-hybridized carbons (Fsp3) is 0.417. The third-order valence-corrected chi connectivity index (χ3v) is 7.23. The molecule has 1 saturated heterocycles. The van der Waals surface area contributed by atoms with Crippen LogP contribution in [0.2, 0.25) is 0 Å². The van der Waals surface area contributed by atoms with Crippen LogP contribution in [-0.2, 0) is 29.8 Å². The molecule has 1 aliphatic heterocycles.